The molecule has 0 aliphatic rings. The van der Waals surface area contributed by atoms with Gasteiger partial charge >= 0.3 is 0 Å². The van der Waals surface area contributed by atoms with Crippen LogP contribution in [0.4, 0.5) is 5.82 Å². The van der Waals surface area contributed by atoms with Gasteiger partial charge in [0.05, 0.1) is 18.3 Å². The molecule has 0 bridgehead atoms. The van der Waals surface area contributed by atoms with Gasteiger partial charge in [-0.3, -0.25) is 0 Å². The SMILES string of the molecule is CCC(N)Cc1c(N(C)C(C)COC)nc2ccccn12. The molecule has 0 fully saturated rings. The first-order valence-electron chi connectivity index (χ1n) is 7.51. The first-order valence-corrected chi connectivity index (χ1v) is 7.51. The topological polar surface area (TPSA) is 55.8 Å². The number of aromatic nitrogens is 2. The van der Waals surface area contributed by atoms with Gasteiger partial charge in [0.1, 0.15) is 5.65 Å². The molecule has 5 heteroatoms. The van der Waals surface area contributed by atoms with Crippen LogP contribution in [0, 0.1) is 0 Å². The van der Waals surface area contributed by atoms with Crippen molar-refractivity contribution in [2.75, 3.05) is 25.7 Å². The van der Waals surface area contributed by atoms with E-state index in [4.69, 9.17) is 15.5 Å². The van der Waals surface area contributed by atoms with E-state index in [-0.39, 0.29) is 12.1 Å². The highest BCUT2D eigenvalue weighted by molar-refractivity contribution is 5.56. The molecule has 0 saturated carbocycles. The van der Waals surface area contributed by atoms with Gasteiger partial charge in [0.2, 0.25) is 0 Å². The summed E-state index contributed by atoms with van der Waals surface area (Å²) in [7, 11) is 3.79. The van der Waals surface area contributed by atoms with Crippen LogP contribution in [0.5, 0.6) is 0 Å². The fraction of sp³-hybridized carbons (Fsp3) is 0.562. The van der Waals surface area contributed by atoms with Crippen molar-refractivity contribution in [2.24, 2.45) is 5.73 Å². The summed E-state index contributed by atoms with van der Waals surface area (Å²) in [6.45, 7) is 4.92. The predicted molar refractivity (Wildman–Crippen MR) is 86.9 cm³/mol. The van der Waals surface area contributed by atoms with Gasteiger partial charge in [-0.05, 0) is 25.5 Å². The summed E-state index contributed by atoms with van der Waals surface area (Å²) in [5.41, 5.74) is 8.31. The van der Waals surface area contributed by atoms with Crippen molar-refractivity contribution in [3.8, 4) is 0 Å². The lowest BCUT2D eigenvalue weighted by atomic mass is 10.1. The first-order chi connectivity index (χ1) is 10.1. The standard InChI is InChI=1S/C16H26N4O/c1-5-13(17)10-14-16(19(3)12(2)11-21-4)18-15-8-6-7-9-20(14)15/h6-9,12-13H,5,10-11,17H2,1-4H3. The van der Waals surface area contributed by atoms with Crippen LogP contribution in [0.2, 0.25) is 0 Å². The van der Waals surface area contributed by atoms with Crippen LogP contribution in [0.1, 0.15) is 26.0 Å². The highest BCUT2D eigenvalue weighted by Crippen LogP contribution is 2.24. The molecule has 0 radical (unpaired) electrons. The molecular formula is C16H26N4O. The highest BCUT2D eigenvalue weighted by atomic mass is 16.5. The van der Waals surface area contributed by atoms with Gasteiger partial charge in [0, 0.05) is 32.8 Å². The molecule has 0 amide bonds. The quantitative estimate of drug-likeness (QED) is 0.848. The lowest BCUT2D eigenvalue weighted by Gasteiger charge is -2.26. The number of hydrogen-bond acceptors (Lipinski definition) is 4. The van der Waals surface area contributed by atoms with Gasteiger partial charge in [-0.15, -0.1) is 0 Å². The number of likely N-dealkylation sites (N-methyl/N-ethyl adjacent to an activating group) is 1. The zero-order valence-corrected chi connectivity index (χ0v) is 13.4. The van der Waals surface area contributed by atoms with E-state index in [2.05, 4.69) is 36.4 Å². The second kappa shape index (κ2) is 6.91. The Balaban J connectivity index is 2.43. The number of fused-ring (bicyclic) bond motifs is 1. The third kappa shape index (κ3) is 3.36. The molecule has 0 aliphatic heterocycles. The number of pyridine rings is 1. The molecule has 2 aromatic rings. The second-order valence-electron chi connectivity index (χ2n) is 5.60. The summed E-state index contributed by atoms with van der Waals surface area (Å²) in [5, 5.41) is 0. The van der Waals surface area contributed by atoms with E-state index in [0.29, 0.717) is 6.61 Å². The Kier molecular flexibility index (Phi) is 5.20. The molecule has 0 aliphatic carbocycles. The lowest BCUT2D eigenvalue weighted by molar-refractivity contribution is 0.183. The van der Waals surface area contributed by atoms with Gasteiger partial charge in [-0.1, -0.05) is 13.0 Å². The van der Waals surface area contributed by atoms with Gasteiger partial charge in [-0.25, -0.2) is 4.98 Å². The minimum absolute atomic E-state index is 0.148. The fourth-order valence-electron chi connectivity index (χ4n) is 2.46. The Morgan fingerprint density at radius 2 is 2.19 bits per heavy atom. The van der Waals surface area contributed by atoms with Crippen molar-refractivity contribution in [1.29, 1.82) is 0 Å². The number of methoxy groups -OCH3 is 1. The van der Waals surface area contributed by atoms with Crippen LogP contribution in [-0.4, -0.2) is 42.2 Å². The average Bonchev–Trinajstić information content (AvgIpc) is 2.85. The smallest absolute Gasteiger partial charge is 0.151 e. The maximum atomic E-state index is 6.17. The number of rotatable bonds is 7. The van der Waals surface area contributed by atoms with Gasteiger partial charge in [0.15, 0.2) is 5.82 Å². The summed E-state index contributed by atoms with van der Waals surface area (Å²) in [6, 6.07) is 6.47. The number of imidazole rings is 1. The zero-order valence-electron chi connectivity index (χ0n) is 13.4. The van der Waals surface area contributed by atoms with Gasteiger partial charge in [0.25, 0.3) is 0 Å². The minimum Gasteiger partial charge on any atom is -0.383 e. The van der Waals surface area contributed by atoms with Crippen LogP contribution in [0.15, 0.2) is 24.4 Å². The zero-order chi connectivity index (χ0) is 15.4. The normalized spacial score (nSPS) is 14.3. The summed E-state index contributed by atoms with van der Waals surface area (Å²) in [5.74, 6) is 0.995. The summed E-state index contributed by atoms with van der Waals surface area (Å²) >= 11 is 0. The third-order valence-corrected chi connectivity index (χ3v) is 3.99. The van der Waals surface area contributed by atoms with E-state index in [1.807, 2.05) is 18.2 Å². The molecular weight excluding hydrogens is 264 g/mol. The van der Waals surface area contributed by atoms with Crippen molar-refractivity contribution in [2.45, 2.75) is 38.8 Å². The summed E-state index contributed by atoms with van der Waals surface area (Å²) < 4.78 is 7.40. The van der Waals surface area contributed by atoms with Gasteiger partial charge < -0.3 is 19.8 Å². The molecule has 2 heterocycles. The van der Waals surface area contributed by atoms with E-state index < -0.39 is 0 Å². The maximum absolute atomic E-state index is 6.17. The molecule has 0 aromatic carbocycles. The number of nitrogens with zero attached hydrogens (tertiary/aromatic N) is 3. The van der Waals surface area contributed by atoms with Crippen LogP contribution in [0.3, 0.4) is 0 Å². The van der Waals surface area contributed by atoms with Crippen LogP contribution in [0.25, 0.3) is 5.65 Å². The minimum atomic E-state index is 0.148. The molecule has 0 spiro atoms. The first kappa shape index (κ1) is 15.8. The maximum Gasteiger partial charge on any atom is 0.151 e. The number of anilines is 1. The molecule has 0 saturated heterocycles. The van der Waals surface area contributed by atoms with Crippen molar-refractivity contribution >= 4 is 11.5 Å². The molecule has 2 N–H and O–H groups in total. The summed E-state index contributed by atoms with van der Waals surface area (Å²) in [6.07, 6.45) is 3.83. The molecule has 5 nitrogen and oxygen atoms in total. The van der Waals surface area contributed by atoms with E-state index in [0.717, 1.165) is 24.3 Å². The Labute approximate surface area is 126 Å². The Morgan fingerprint density at radius 3 is 2.86 bits per heavy atom. The van der Waals surface area contributed by atoms with Crippen LogP contribution < -0.4 is 10.6 Å². The lowest BCUT2D eigenvalue weighted by Crippen LogP contribution is -2.34. The van der Waals surface area contributed by atoms with E-state index in [1.54, 1.807) is 7.11 Å². The van der Waals surface area contributed by atoms with E-state index in [9.17, 15) is 0 Å². The van der Waals surface area contributed by atoms with E-state index >= 15 is 0 Å². The van der Waals surface area contributed by atoms with Crippen LogP contribution >= 0.6 is 0 Å². The molecule has 2 unspecified atom stereocenters. The molecule has 2 atom stereocenters. The molecule has 116 valence electrons. The number of ether oxygens (including phenoxy) is 1. The molecule has 21 heavy (non-hydrogen) atoms. The average molecular weight is 290 g/mol. The summed E-state index contributed by atoms with van der Waals surface area (Å²) in [4.78, 5) is 6.96. The Morgan fingerprint density at radius 1 is 1.43 bits per heavy atom. The molecule has 2 rings (SSSR count). The van der Waals surface area contributed by atoms with Crippen LogP contribution in [-0.2, 0) is 11.2 Å². The Bertz CT molecular complexity index is 581. The van der Waals surface area contributed by atoms with E-state index in [1.165, 1.54) is 5.69 Å². The molecule has 2 aromatic heterocycles. The Hall–Kier alpha value is -1.59. The monoisotopic (exact) mass is 290 g/mol. The second-order valence-corrected chi connectivity index (χ2v) is 5.60. The van der Waals surface area contributed by atoms with Gasteiger partial charge in [-0.2, -0.15) is 0 Å². The largest absolute Gasteiger partial charge is 0.383 e. The predicted octanol–water partition coefficient (Wildman–Crippen LogP) is 2.09. The number of hydrogen-bond donors (Lipinski definition) is 1. The number of nitrogens with two attached hydrogens (primary N) is 1. The third-order valence-electron chi connectivity index (χ3n) is 3.99. The van der Waals surface area contributed by atoms with Crippen molar-refractivity contribution in [3.05, 3.63) is 30.1 Å². The highest BCUT2D eigenvalue weighted by Gasteiger charge is 2.20. The fourth-order valence-corrected chi connectivity index (χ4v) is 2.46. The van der Waals surface area contributed by atoms with Crippen molar-refractivity contribution in [1.82, 2.24) is 9.38 Å². The van der Waals surface area contributed by atoms with Crippen molar-refractivity contribution in [3.63, 3.8) is 0 Å². The van der Waals surface area contributed by atoms with Crippen molar-refractivity contribution < 1.29 is 4.74 Å².